The molecule has 1 aliphatic heterocycles. The molecule has 1 aliphatic carbocycles. The number of phenolic OH excluding ortho intramolecular Hbond substituents is 3. The zero-order chi connectivity index (χ0) is 28.7. The highest BCUT2D eigenvalue weighted by Crippen LogP contribution is 2.52. The zero-order valence-electron chi connectivity index (χ0n) is 23.4. The number of H-pyrrole nitrogens is 1. The highest BCUT2D eigenvalue weighted by Gasteiger charge is 2.36. The van der Waals surface area contributed by atoms with E-state index in [4.69, 9.17) is 9.47 Å². The Balaban J connectivity index is 1.30. The third-order valence-electron chi connectivity index (χ3n) is 8.80. The Morgan fingerprint density at radius 3 is 2.46 bits per heavy atom. The van der Waals surface area contributed by atoms with Crippen LogP contribution in [0.4, 0.5) is 0 Å². The second-order valence-corrected chi connectivity index (χ2v) is 11.5. The van der Waals surface area contributed by atoms with Gasteiger partial charge in [0.2, 0.25) is 5.75 Å². The summed E-state index contributed by atoms with van der Waals surface area (Å²) in [5, 5.41) is 31.6. The Labute approximate surface area is 239 Å². The number of aromatic nitrogens is 1. The fraction of sp³-hybridized carbons (Fsp3) is 0.324. The van der Waals surface area contributed by atoms with E-state index in [2.05, 4.69) is 36.3 Å². The molecular weight excluding hydrogens is 518 g/mol. The number of Topliss-reactive ketones (excluding diaryl/α,β-unsaturated/α-hetero) is 1. The molecule has 1 fully saturated rings. The molecule has 7 nitrogen and oxygen atoms in total. The molecule has 4 N–H and O–H groups in total. The van der Waals surface area contributed by atoms with Crippen LogP contribution in [0.25, 0.3) is 11.1 Å². The van der Waals surface area contributed by atoms with E-state index in [1.54, 1.807) is 12.1 Å². The van der Waals surface area contributed by atoms with E-state index in [1.165, 1.54) is 50.6 Å². The van der Waals surface area contributed by atoms with Gasteiger partial charge in [0.25, 0.3) is 0 Å². The van der Waals surface area contributed by atoms with Crippen molar-refractivity contribution in [2.75, 3.05) is 7.11 Å². The molecule has 1 unspecified atom stereocenters. The Hall–Kier alpha value is -4.39. The van der Waals surface area contributed by atoms with E-state index in [0.717, 1.165) is 16.7 Å². The van der Waals surface area contributed by atoms with Crippen LogP contribution in [-0.2, 0) is 18.3 Å². The van der Waals surface area contributed by atoms with E-state index in [9.17, 15) is 20.1 Å². The second kappa shape index (κ2) is 10.5. The van der Waals surface area contributed by atoms with Crippen molar-refractivity contribution < 1.29 is 29.6 Å². The lowest BCUT2D eigenvalue weighted by atomic mass is 9.85. The Morgan fingerprint density at radius 2 is 1.73 bits per heavy atom. The van der Waals surface area contributed by atoms with E-state index < -0.39 is 11.9 Å². The molecule has 1 aromatic heterocycles. The van der Waals surface area contributed by atoms with E-state index in [1.807, 2.05) is 12.1 Å². The Bertz CT molecular complexity index is 1600. The summed E-state index contributed by atoms with van der Waals surface area (Å²) >= 11 is 0. The van der Waals surface area contributed by atoms with Crippen LogP contribution in [0.1, 0.15) is 77.9 Å². The van der Waals surface area contributed by atoms with Crippen molar-refractivity contribution in [3.05, 3.63) is 88.7 Å². The number of rotatable bonds is 7. The largest absolute Gasteiger partial charge is 0.508 e. The van der Waals surface area contributed by atoms with Crippen molar-refractivity contribution in [2.45, 2.75) is 63.4 Å². The van der Waals surface area contributed by atoms with Crippen molar-refractivity contribution in [1.29, 1.82) is 0 Å². The minimum atomic E-state index is -0.616. The first-order valence-corrected chi connectivity index (χ1v) is 14.2. The predicted octanol–water partition coefficient (Wildman–Crippen LogP) is 7.13. The van der Waals surface area contributed by atoms with Gasteiger partial charge < -0.3 is 29.8 Å². The first kappa shape index (κ1) is 26.8. The number of phenols is 3. The van der Waals surface area contributed by atoms with E-state index >= 15 is 0 Å². The highest BCUT2D eigenvalue weighted by atomic mass is 16.5. The van der Waals surface area contributed by atoms with E-state index in [-0.39, 0.29) is 46.2 Å². The molecule has 0 radical (unpaired) electrons. The molecule has 212 valence electrons. The van der Waals surface area contributed by atoms with Crippen LogP contribution in [0.5, 0.6) is 28.7 Å². The number of fused-ring (bicyclic) bond motifs is 1. The zero-order valence-corrected chi connectivity index (χ0v) is 23.4. The maximum absolute atomic E-state index is 13.3. The molecule has 2 heterocycles. The van der Waals surface area contributed by atoms with Gasteiger partial charge in [0.1, 0.15) is 23.2 Å². The topological polar surface area (TPSA) is 112 Å². The summed E-state index contributed by atoms with van der Waals surface area (Å²) in [7, 11) is 1.35. The minimum absolute atomic E-state index is 0.0123. The van der Waals surface area contributed by atoms with Gasteiger partial charge in [-0.25, -0.2) is 0 Å². The molecule has 6 rings (SSSR count). The fourth-order valence-electron chi connectivity index (χ4n) is 6.38. The average molecular weight is 554 g/mol. The number of hydrogen-bond donors (Lipinski definition) is 4. The average Bonchev–Trinajstić information content (AvgIpc) is 3.64. The molecule has 1 saturated carbocycles. The number of aromatic hydroxyl groups is 3. The van der Waals surface area contributed by atoms with E-state index in [0.29, 0.717) is 24.0 Å². The lowest BCUT2D eigenvalue weighted by Gasteiger charge is -2.29. The van der Waals surface area contributed by atoms with Crippen LogP contribution in [0.15, 0.2) is 60.8 Å². The van der Waals surface area contributed by atoms with Gasteiger partial charge in [-0.3, -0.25) is 4.79 Å². The normalized spacial score (nSPS) is 17.7. The summed E-state index contributed by atoms with van der Waals surface area (Å²) in [5.74, 6) is -0.803. The lowest BCUT2D eigenvalue weighted by molar-refractivity contribution is 0.0840. The van der Waals surface area contributed by atoms with Crippen LogP contribution < -0.4 is 9.47 Å². The third-order valence-corrected chi connectivity index (χ3v) is 8.80. The summed E-state index contributed by atoms with van der Waals surface area (Å²) < 4.78 is 11.6. The van der Waals surface area contributed by atoms with Crippen molar-refractivity contribution in [3.63, 3.8) is 0 Å². The minimum Gasteiger partial charge on any atom is -0.508 e. The predicted molar refractivity (Wildman–Crippen MR) is 156 cm³/mol. The Kier molecular flexibility index (Phi) is 6.89. The van der Waals surface area contributed by atoms with Gasteiger partial charge in [-0.2, -0.15) is 0 Å². The summed E-state index contributed by atoms with van der Waals surface area (Å²) in [4.78, 5) is 16.8. The monoisotopic (exact) mass is 553 g/mol. The number of ether oxygens (including phenoxy) is 2. The maximum atomic E-state index is 13.3. The molecule has 2 aliphatic rings. The fourth-order valence-corrected chi connectivity index (χ4v) is 6.38. The Morgan fingerprint density at radius 1 is 0.976 bits per heavy atom. The quantitative estimate of drug-likeness (QED) is 0.194. The van der Waals surface area contributed by atoms with Crippen LogP contribution in [0.3, 0.4) is 0 Å². The first-order valence-electron chi connectivity index (χ1n) is 14.2. The SMILES string of the molecule is COc1c(O)c(CCc2cccc(-c3c[nH]c(C4(C)CCCC4)c3)c2)c2c(c1O)C(=O)CC(c1ccc(O)cc1)O2. The van der Waals surface area contributed by atoms with Gasteiger partial charge >= 0.3 is 0 Å². The van der Waals surface area contributed by atoms with Gasteiger partial charge in [0.15, 0.2) is 17.3 Å². The third kappa shape index (κ3) is 4.90. The number of nitrogens with one attached hydrogen (secondary N) is 1. The van der Waals surface area contributed by atoms with Crippen LogP contribution in [-0.4, -0.2) is 33.2 Å². The molecule has 1 atom stereocenters. The summed E-state index contributed by atoms with van der Waals surface area (Å²) in [6, 6.07) is 17.1. The lowest BCUT2D eigenvalue weighted by Crippen LogP contribution is -2.22. The smallest absolute Gasteiger partial charge is 0.204 e. The number of carbonyl (C=O) groups is 1. The van der Waals surface area contributed by atoms with Crippen molar-refractivity contribution >= 4 is 5.78 Å². The summed E-state index contributed by atoms with van der Waals surface area (Å²) in [6.45, 7) is 2.34. The van der Waals surface area contributed by atoms with Crippen molar-refractivity contribution in [2.24, 2.45) is 0 Å². The van der Waals surface area contributed by atoms with Gasteiger partial charge in [-0.05, 0) is 66.1 Å². The molecule has 0 saturated heterocycles. The summed E-state index contributed by atoms with van der Waals surface area (Å²) in [5.41, 5.74) is 5.97. The molecular formula is C34H35NO6. The van der Waals surface area contributed by atoms with Crippen LogP contribution >= 0.6 is 0 Å². The number of ketones is 1. The number of aromatic amines is 1. The van der Waals surface area contributed by atoms with Gasteiger partial charge in [0.05, 0.1) is 13.5 Å². The first-order chi connectivity index (χ1) is 19.8. The van der Waals surface area contributed by atoms with Crippen molar-refractivity contribution in [3.8, 4) is 39.9 Å². The molecule has 0 bridgehead atoms. The second-order valence-electron chi connectivity index (χ2n) is 11.5. The van der Waals surface area contributed by atoms with Gasteiger partial charge in [0, 0.05) is 22.9 Å². The molecule has 7 heteroatoms. The number of aryl methyl sites for hydroxylation is 1. The van der Waals surface area contributed by atoms with Crippen LogP contribution in [0, 0.1) is 0 Å². The standard InChI is InChI=1S/C34H35NO6/c1-34(14-3-4-15-34)28-17-23(19-35-28)22-7-5-6-20(16-22)8-13-25-30(38)33(40-2)31(39)29-26(37)18-27(41-32(25)29)21-9-11-24(36)12-10-21/h5-7,9-12,16-17,19,27,35-36,38-39H,3-4,8,13-15,18H2,1-2H3. The number of carbonyl (C=O) groups excluding carboxylic acids is 1. The highest BCUT2D eigenvalue weighted by molar-refractivity contribution is 6.04. The van der Waals surface area contributed by atoms with Gasteiger partial charge in [-0.1, -0.05) is 56.2 Å². The molecule has 0 spiro atoms. The number of benzene rings is 3. The molecule has 3 aromatic carbocycles. The number of methoxy groups -OCH3 is 1. The van der Waals surface area contributed by atoms with Crippen LogP contribution in [0.2, 0.25) is 0 Å². The molecule has 41 heavy (non-hydrogen) atoms. The number of hydrogen-bond acceptors (Lipinski definition) is 6. The van der Waals surface area contributed by atoms with Gasteiger partial charge in [-0.15, -0.1) is 0 Å². The molecule has 4 aromatic rings. The van der Waals surface area contributed by atoms with Crippen molar-refractivity contribution in [1.82, 2.24) is 4.98 Å². The molecule has 0 amide bonds. The summed E-state index contributed by atoms with van der Waals surface area (Å²) in [6.07, 6.45) is 7.34. The maximum Gasteiger partial charge on any atom is 0.204 e.